The summed E-state index contributed by atoms with van der Waals surface area (Å²) in [7, 11) is 0. The fourth-order valence-corrected chi connectivity index (χ4v) is 2.31. The molecular formula is C18H20O3. The Morgan fingerprint density at radius 3 is 2.71 bits per heavy atom. The molecule has 3 heteroatoms. The minimum atomic E-state index is -1.35. The van der Waals surface area contributed by atoms with Crippen LogP contribution in [0.5, 0.6) is 0 Å². The summed E-state index contributed by atoms with van der Waals surface area (Å²) in [5.41, 5.74) is -0.238. The second-order valence-corrected chi connectivity index (χ2v) is 5.11. The molecule has 1 aromatic rings. The maximum absolute atomic E-state index is 12.0. The Morgan fingerprint density at radius 1 is 1.33 bits per heavy atom. The van der Waals surface area contributed by atoms with Crippen molar-refractivity contribution in [1.82, 2.24) is 0 Å². The van der Waals surface area contributed by atoms with Gasteiger partial charge in [-0.3, -0.25) is 0 Å². The van der Waals surface area contributed by atoms with E-state index in [4.69, 9.17) is 4.74 Å². The number of esters is 1. The zero-order valence-corrected chi connectivity index (χ0v) is 12.2. The second-order valence-electron chi connectivity index (χ2n) is 5.11. The van der Waals surface area contributed by atoms with Crippen molar-refractivity contribution in [2.45, 2.75) is 31.5 Å². The molecule has 1 aliphatic rings. The molecule has 1 aromatic carbocycles. The van der Waals surface area contributed by atoms with Gasteiger partial charge in [-0.05, 0) is 24.1 Å². The van der Waals surface area contributed by atoms with Crippen LogP contribution in [0, 0.1) is 0 Å². The molecule has 2 atom stereocenters. The van der Waals surface area contributed by atoms with Crippen molar-refractivity contribution in [3.8, 4) is 0 Å². The SMILES string of the molecule is C=C(CCC)C(=O)OC1C=CC=CC1(O)c1ccccc1. The zero-order valence-electron chi connectivity index (χ0n) is 12.2. The van der Waals surface area contributed by atoms with E-state index in [-0.39, 0.29) is 0 Å². The number of hydrogen-bond donors (Lipinski definition) is 1. The first-order valence-corrected chi connectivity index (χ1v) is 7.10. The van der Waals surface area contributed by atoms with E-state index < -0.39 is 17.7 Å². The fourth-order valence-electron chi connectivity index (χ4n) is 2.31. The molecule has 0 heterocycles. The number of allylic oxidation sites excluding steroid dienone is 2. The predicted octanol–water partition coefficient (Wildman–Crippen LogP) is 3.27. The molecule has 3 nitrogen and oxygen atoms in total. The van der Waals surface area contributed by atoms with E-state index in [1.165, 1.54) is 0 Å². The Labute approximate surface area is 125 Å². The predicted molar refractivity (Wildman–Crippen MR) is 82.5 cm³/mol. The molecule has 0 saturated carbocycles. The van der Waals surface area contributed by atoms with Gasteiger partial charge in [-0.15, -0.1) is 0 Å². The molecule has 1 N–H and O–H groups in total. The summed E-state index contributed by atoms with van der Waals surface area (Å²) in [5.74, 6) is -0.462. The minimum absolute atomic E-state index is 0.427. The topological polar surface area (TPSA) is 46.5 Å². The number of carbonyl (C=O) groups is 1. The van der Waals surface area contributed by atoms with Crippen LogP contribution in [-0.2, 0) is 15.1 Å². The van der Waals surface area contributed by atoms with Crippen molar-refractivity contribution in [3.63, 3.8) is 0 Å². The maximum Gasteiger partial charge on any atom is 0.334 e. The van der Waals surface area contributed by atoms with E-state index in [0.717, 1.165) is 6.42 Å². The summed E-state index contributed by atoms with van der Waals surface area (Å²) in [6.45, 7) is 5.71. The average molecular weight is 284 g/mol. The van der Waals surface area contributed by atoms with E-state index in [2.05, 4.69) is 6.58 Å². The molecule has 0 radical (unpaired) electrons. The minimum Gasteiger partial charge on any atom is -0.451 e. The van der Waals surface area contributed by atoms with Gasteiger partial charge in [0.25, 0.3) is 0 Å². The van der Waals surface area contributed by atoms with Gasteiger partial charge in [0.15, 0.2) is 6.10 Å². The molecular weight excluding hydrogens is 264 g/mol. The lowest BCUT2D eigenvalue weighted by atomic mass is 9.85. The van der Waals surface area contributed by atoms with E-state index >= 15 is 0 Å². The highest BCUT2D eigenvalue weighted by molar-refractivity contribution is 5.88. The lowest BCUT2D eigenvalue weighted by molar-refractivity contribution is -0.152. The molecule has 0 spiro atoms. The third kappa shape index (κ3) is 3.31. The van der Waals surface area contributed by atoms with Gasteiger partial charge in [0.1, 0.15) is 5.60 Å². The van der Waals surface area contributed by atoms with Gasteiger partial charge < -0.3 is 9.84 Å². The van der Waals surface area contributed by atoms with Crippen molar-refractivity contribution < 1.29 is 14.6 Å². The molecule has 0 aromatic heterocycles. The smallest absolute Gasteiger partial charge is 0.334 e. The summed E-state index contributed by atoms with van der Waals surface area (Å²) < 4.78 is 5.45. The van der Waals surface area contributed by atoms with Gasteiger partial charge in [0, 0.05) is 5.57 Å². The van der Waals surface area contributed by atoms with E-state index in [9.17, 15) is 9.90 Å². The average Bonchev–Trinajstić information content (AvgIpc) is 2.50. The molecule has 110 valence electrons. The van der Waals surface area contributed by atoms with Crippen LogP contribution in [0.3, 0.4) is 0 Å². The van der Waals surface area contributed by atoms with Crippen LogP contribution in [-0.4, -0.2) is 17.2 Å². The lowest BCUT2D eigenvalue weighted by Crippen LogP contribution is -2.41. The normalized spacial score (nSPS) is 23.8. The van der Waals surface area contributed by atoms with E-state index in [1.807, 2.05) is 37.3 Å². The third-order valence-electron chi connectivity index (χ3n) is 3.49. The third-order valence-corrected chi connectivity index (χ3v) is 3.49. The Kier molecular flexibility index (Phi) is 4.76. The van der Waals surface area contributed by atoms with Crippen LogP contribution >= 0.6 is 0 Å². The highest BCUT2D eigenvalue weighted by Gasteiger charge is 2.38. The lowest BCUT2D eigenvalue weighted by Gasteiger charge is -2.33. The Morgan fingerprint density at radius 2 is 2.05 bits per heavy atom. The molecule has 21 heavy (non-hydrogen) atoms. The first-order valence-electron chi connectivity index (χ1n) is 7.10. The molecule has 2 rings (SSSR count). The van der Waals surface area contributed by atoms with Gasteiger partial charge in [-0.1, -0.05) is 62.4 Å². The summed E-state index contributed by atoms with van der Waals surface area (Å²) in [5, 5.41) is 10.9. The van der Waals surface area contributed by atoms with Crippen molar-refractivity contribution in [2.24, 2.45) is 0 Å². The highest BCUT2D eigenvalue weighted by Crippen LogP contribution is 2.32. The monoisotopic (exact) mass is 284 g/mol. The van der Waals surface area contributed by atoms with Gasteiger partial charge in [0.2, 0.25) is 0 Å². The number of carbonyl (C=O) groups excluding carboxylic acids is 1. The molecule has 0 fully saturated rings. The van der Waals surface area contributed by atoms with Crippen LogP contribution in [0.25, 0.3) is 0 Å². The van der Waals surface area contributed by atoms with Gasteiger partial charge in [0.05, 0.1) is 0 Å². The Bertz CT molecular complexity index is 571. The number of hydrogen-bond acceptors (Lipinski definition) is 3. The fraction of sp³-hybridized carbons (Fsp3) is 0.278. The zero-order chi connectivity index (χ0) is 15.3. The Balaban J connectivity index is 2.21. The molecule has 2 unspecified atom stereocenters. The summed E-state index contributed by atoms with van der Waals surface area (Å²) >= 11 is 0. The van der Waals surface area contributed by atoms with Crippen molar-refractivity contribution in [3.05, 3.63) is 72.4 Å². The Hall–Kier alpha value is -2.13. The summed E-state index contributed by atoms with van der Waals surface area (Å²) in [6, 6.07) is 9.18. The van der Waals surface area contributed by atoms with E-state index in [1.54, 1.807) is 24.3 Å². The van der Waals surface area contributed by atoms with Crippen LogP contribution in [0.15, 0.2) is 66.8 Å². The van der Waals surface area contributed by atoms with Crippen LogP contribution in [0.2, 0.25) is 0 Å². The number of aliphatic hydroxyl groups is 1. The number of ether oxygens (including phenoxy) is 1. The number of rotatable bonds is 5. The standard InChI is InChI=1S/C18H20O3/c1-3-9-14(2)17(19)21-16-12-7-8-13-18(16,20)15-10-5-4-6-11-15/h4-8,10-13,16,20H,2-3,9H2,1H3. The van der Waals surface area contributed by atoms with E-state index in [0.29, 0.717) is 17.6 Å². The quantitative estimate of drug-likeness (QED) is 0.667. The second kappa shape index (κ2) is 6.55. The summed E-state index contributed by atoms with van der Waals surface area (Å²) in [4.78, 5) is 12.0. The largest absolute Gasteiger partial charge is 0.451 e. The molecule has 0 amide bonds. The van der Waals surface area contributed by atoms with Crippen molar-refractivity contribution in [1.29, 1.82) is 0 Å². The first kappa shape index (κ1) is 15.3. The molecule has 0 bridgehead atoms. The first-order chi connectivity index (χ1) is 10.1. The van der Waals surface area contributed by atoms with Crippen LogP contribution in [0.1, 0.15) is 25.3 Å². The van der Waals surface area contributed by atoms with Gasteiger partial charge >= 0.3 is 5.97 Å². The molecule has 0 saturated heterocycles. The van der Waals surface area contributed by atoms with Crippen molar-refractivity contribution in [2.75, 3.05) is 0 Å². The van der Waals surface area contributed by atoms with Crippen LogP contribution in [0.4, 0.5) is 0 Å². The highest BCUT2D eigenvalue weighted by atomic mass is 16.6. The number of benzene rings is 1. The van der Waals surface area contributed by atoms with Gasteiger partial charge in [-0.2, -0.15) is 0 Å². The maximum atomic E-state index is 12.0. The molecule has 0 aliphatic heterocycles. The van der Waals surface area contributed by atoms with Crippen molar-refractivity contribution >= 4 is 5.97 Å². The van der Waals surface area contributed by atoms with Gasteiger partial charge in [-0.25, -0.2) is 4.79 Å². The summed E-state index contributed by atoms with van der Waals surface area (Å²) in [6.07, 6.45) is 7.50. The van der Waals surface area contributed by atoms with Crippen LogP contribution < -0.4 is 0 Å². The molecule has 1 aliphatic carbocycles.